The Labute approximate surface area is 113 Å². The summed E-state index contributed by atoms with van der Waals surface area (Å²) in [5.74, 6) is 0.618. The van der Waals surface area contributed by atoms with Gasteiger partial charge in [0.25, 0.3) is 0 Å². The number of aliphatic hydroxyl groups is 1. The molecule has 1 fully saturated rings. The van der Waals surface area contributed by atoms with E-state index in [4.69, 9.17) is 0 Å². The van der Waals surface area contributed by atoms with Gasteiger partial charge in [-0.05, 0) is 44.2 Å². The first kappa shape index (κ1) is 15.9. The van der Waals surface area contributed by atoms with Gasteiger partial charge in [0, 0.05) is 19.1 Å². The van der Waals surface area contributed by atoms with Gasteiger partial charge >= 0.3 is 0 Å². The van der Waals surface area contributed by atoms with E-state index in [1.807, 2.05) is 0 Å². The lowest BCUT2D eigenvalue weighted by Crippen LogP contribution is -2.48. The van der Waals surface area contributed by atoms with Gasteiger partial charge in [-0.25, -0.2) is 0 Å². The largest absolute Gasteiger partial charge is 0.393 e. The first-order valence-electron chi connectivity index (χ1n) is 7.43. The van der Waals surface area contributed by atoms with E-state index in [1.54, 1.807) is 0 Å². The molecule has 3 atom stereocenters. The SMILES string of the molecule is CCCNC1CC(CC(O)C(C)(C)C)CN(C)C1. The molecule has 3 unspecified atom stereocenters. The van der Waals surface area contributed by atoms with Gasteiger partial charge in [0.2, 0.25) is 0 Å². The van der Waals surface area contributed by atoms with E-state index >= 15 is 0 Å². The number of piperidine rings is 1. The first-order chi connectivity index (χ1) is 8.32. The molecule has 3 heteroatoms. The summed E-state index contributed by atoms with van der Waals surface area (Å²) in [5.41, 5.74) is 0.00234. The third-order valence-electron chi connectivity index (χ3n) is 3.96. The van der Waals surface area contributed by atoms with Crippen molar-refractivity contribution in [3.63, 3.8) is 0 Å². The molecule has 18 heavy (non-hydrogen) atoms. The fourth-order valence-electron chi connectivity index (χ4n) is 2.78. The van der Waals surface area contributed by atoms with Crippen LogP contribution in [0.15, 0.2) is 0 Å². The van der Waals surface area contributed by atoms with E-state index in [0.717, 1.165) is 26.1 Å². The zero-order valence-corrected chi connectivity index (χ0v) is 12.9. The third-order valence-corrected chi connectivity index (χ3v) is 3.96. The number of likely N-dealkylation sites (tertiary alicyclic amines) is 1. The summed E-state index contributed by atoms with van der Waals surface area (Å²) in [6.07, 6.45) is 3.13. The lowest BCUT2D eigenvalue weighted by atomic mass is 9.80. The van der Waals surface area contributed by atoms with Crippen LogP contribution in [0.5, 0.6) is 0 Å². The number of nitrogens with one attached hydrogen (secondary N) is 1. The molecule has 0 saturated carbocycles. The fraction of sp³-hybridized carbons (Fsp3) is 1.00. The smallest absolute Gasteiger partial charge is 0.0591 e. The average Bonchev–Trinajstić information content (AvgIpc) is 2.24. The molecule has 1 heterocycles. The van der Waals surface area contributed by atoms with Crippen LogP contribution < -0.4 is 5.32 Å². The second kappa shape index (κ2) is 6.88. The van der Waals surface area contributed by atoms with Crippen molar-refractivity contribution in [3.05, 3.63) is 0 Å². The Morgan fingerprint density at radius 1 is 1.33 bits per heavy atom. The van der Waals surface area contributed by atoms with Crippen LogP contribution in [0.4, 0.5) is 0 Å². The van der Waals surface area contributed by atoms with Crippen molar-refractivity contribution in [1.82, 2.24) is 10.2 Å². The number of aliphatic hydroxyl groups excluding tert-OH is 1. The highest BCUT2D eigenvalue weighted by molar-refractivity contribution is 4.85. The minimum Gasteiger partial charge on any atom is -0.393 e. The monoisotopic (exact) mass is 256 g/mol. The summed E-state index contributed by atoms with van der Waals surface area (Å²) in [6.45, 7) is 11.9. The number of hydrogen-bond acceptors (Lipinski definition) is 3. The number of rotatable bonds is 5. The summed E-state index contributed by atoms with van der Waals surface area (Å²) in [4.78, 5) is 2.40. The van der Waals surface area contributed by atoms with E-state index in [1.165, 1.54) is 12.8 Å². The van der Waals surface area contributed by atoms with E-state index < -0.39 is 0 Å². The zero-order chi connectivity index (χ0) is 13.8. The van der Waals surface area contributed by atoms with Gasteiger partial charge in [-0.3, -0.25) is 0 Å². The van der Waals surface area contributed by atoms with Crippen molar-refractivity contribution >= 4 is 0 Å². The molecule has 1 aliphatic rings. The second-order valence-electron chi connectivity index (χ2n) is 7.09. The van der Waals surface area contributed by atoms with Gasteiger partial charge in [-0.15, -0.1) is 0 Å². The number of hydrogen-bond donors (Lipinski definition) is 2. The maximum Gasteiger partial charge on any atom is 0.0591 e. The molecule has 0 aromatic heterocycles. The van der Waals surface area contributed by atoms with Crippen molar-refractivity contribution in [3.8, 4) is 0 Å². The van der Waals surface area contributed by atoms with Gasteiger partial charge < -0.3 is 15.3 Å². The van der Waals surface area contributed by atoms with Crippen LogP contribution in [0.25, 0.3) is 0 Å². The molecular weight excluding hydrogens is 224 g/mol. The zero-order valence-electron chi connectivity index (χ0n) is 12.9. The molecule has 0 aromatic rings. The van der Waals surface area contributed by atoms with Crippen LogP contribution in [0, 0.1) is 11.3 Å². The van der Waals surface area contributed by atoms with E-state index in [9.17, 15) is 5.11 Å². The molecule has 2 N–H and O–H groups in total. The van der Waals surface area contributed by atoms with Gasteiger partial charge in [0.05, 0.1) is 6.10 Å². The molecule has 1 saturated heterocycles. The highest BCUT2D eigenvalue weighted by atomic mass is 16.3. The number of likely N-dealkylation sites (N-methyl/N-ethyl adjacent to an activating group) is 1. The second-order valence-corrected chi connectivity index (χ2v) is 7.09. The van der Waals surface area contributed by atoms with Gasteiger partial charge in [0.1, 0.15) is 0 Å². The van der Waals surface area contributed by atoms with Crippen LogP contribution in [0.1, 0.15) is 47.0 Å². The first-order valence-corrected chi connectivity index (χ1v) is 7.43. The molecule has 0 bridgehead atoms. The fourth-order valence-corrected chi connectivity index (χ4v) is 2.78. The van der Waals surface area contributed by atoms with Crippen molar-refractivity contribution in [2.45, 2.75) is 59.1 Å². The Morgan fingerprint density at radius 2 is 2.00 bits per heavy atom. The summed E-state index contributed by atoms with van der Waals surface area (Å²) >= 11 is 0. The molecule has 0 aromatic carbocycles. The van der Waals surface area contributed by atoms with Crippen LogP contribution in [-0.2, 0) is 0 Å². The third kappa shape index (κ3) is 5.25. The van der Waals surface area contributed by atoms with Crippen molar-refractivity contribution in [2.75, 3.05) is 26.7 Å². The topological polar surface area (TPSA) is 35.5 Å². The molecule has 0 aliphatic carbocycles. The van der Waals surface area contributed by atoms with Gasteiger partial charge in [-0.2, -0.15) is 0 Å². The molecule has 1 rings (SSSR count). The Kier molecular flexibility index (Phi) is 6.09. The Bertz CT molecular complexity index is 237. The van der Waals surface area contributed by atoms with Crippen LogP contribution in [0.3, 0.4) is 0 Å². The molecule has 0 spiro atoms. The molecule has 1 aliphatic heterocycles. The minimum atomic E-state index is -0.194. The number of nitrogens with zero attached hydrogens (tertiary/aromatic N) is 1. The molecule has 0 radical (unpaired) electrons. The van der Waals surface area contributed by atoms with Crippen molar-refractivity contribution < 1.29 is 5.11 Å². The summed E-state index contributed by atoms with van der Waals surface area (Å²) < 4.78 is 0. The lowest BCUT2D eigenvalue weighted by Gasteiger charge is -2.38. The molecular formula is C15H32N2O. The van der Waals surface area contributed by atoms with Crippen molar-refractivity contribution in [2.24, 2.45) is 11.3 Å². The van der Waals surface area contributed by atoms with E-state index in [-0.39, 0.29) is 11.5 Å². The van der Waals surface area contributed by atoms with Crippen molar-refractivity contribution in [1.29, 1.82) is 0 Å². The summed E-state index contributed by atoms with van der Waals surface area (Å²) in [5, 5.41) is 13.9. The molecule has 3 nitrogen and oxygen atoms in total. The predicted octanol–water partition coefficient (Wildman–Crippen LogP) is 2.10. The maximum atomic E-state index is 10.2. The van der Waals surface area contributed by atoms with Crippen LogP contribution >= 0.6 is 0 Å². The Hall–Kier alpha value is -0.120. The van der Waals surface area contributed by atoms with Crippen LogP contribution in [0.2, 0.25) is 0 Å². The highest BCUT2D eigenvalue weighted by Crippen LogP contribution is 2.28. The maximum absolute atomic E-state index is 10.2. The summed E-state index contributed by atoms with van der Waals surface area (Å²) in [6, 6.07) is 0.598. The van der Waals surface area contributed by atoms with Gasteiger partial charge in [0.15, 0.2) is 0 Å². The van der Waals surface area contributed by atoms with E-state index in [0.29, 0.717) is 12.0 Å². The molecule has 108 valence electrons. The van der Waals surface area contributed by atoms with E-state index in [2.05, 4.69) is 45.0 Å². The predicted molar refractivity (Wildman–Crippen MR) is 77.8 cm³/mol. The quantitative estimate of drug-likeness (QED) is 0.791. The standard InChI is InChI=1S/C15H32N2O/c1-6-7-16-13-8-12(10-17(5)11-13)9-14(18)15(2,3)4/h12-14,16,18H,6-11H2,1-5H3. The Balaban J connectivity index is 2.45. The highest BCUT2D eigenvalue weighted by Gasteiger charge is 2.30. The summed E-state index contributed by atoms with van der Waals surface area (Å²) in [7, 11) is 2.19. The Morgan fingerprint density at radius 3 is 2.56 bits per heavy atom. The normalized spacial score (nSPS) is 28.3. The van der Waals surface area contributed by atoms with Gasteiger partial charge in [-0.1, -0.05) is 27.7 Å². The lowest BCUT2D eigenvalue weighted by molar-refractivity contribution is 0.0254. The van der Waals surface area contributed by atoms with Crippen LogP contribution in [-0.4, -0.2) is 48.8 Å². The average molecular weight is 256 g/mol. The molecule has 0 amide bonds. The minimum absolute atomic E-state index is 0.00234.